The Morgan fingerprint density at radius 1 is 1.42 bits per heavy atom. The van der Waals surface area contributed by atoms with Crippen LogP contribution in [0.25, 0.3) is 0 Å². The molecule has 1 fully saturated rings. The molecule has 0 aliphatic carbocycles. The number of fused-ring (bicyclic) bond motifs is 1. The maximum absolute atomic E-state index is 11.2. The van der Waals surface area contributed by atoms with Crippen molar-refractivity contribution >= 4 is 6.29 Å². The Morgan fingerprint density at radius 2 is 2.21 bits per heavy atom. The number of nitrogens with zero attached hydrogens (tertiary/aromatic N) is 1. The molecule has 2 aliphatic rings. The lowest BCUT2D eigenvalue weighted by atomic mass is 9.99. The minimum atomic E-state index is -0.376. The van der Waals surface area contributed by atoms with Crippen LogP contribution in [0.4, 0.5) is 0 Å². The molecule has 2 aliphatic heterocycles. The molecule has 2 unspecified atom stereocenters. The standard InChI is InChI=1S/C14H23NO4/c1-10-5-13(17)3-4-18-19-9-14-11(2)6-12(8-16)15(14)7-10/h6,8,10-11,13-14,17H,3-5,7,9H2,1-2H3/t10-,11?,13-,14?/m1/s1. The van der Waals surface area contributed by atoms with E-state index in [2.05, 4.69) is 18.7 Å². The van der Waals surface area contributed by atoms with Crippen LogP contribution in [0.1, 0.15) is 26.7 Å². The molecule has 0 bridgehead atoms. The normalized spacial score (nSPS) is 37.2. The van der Waals surface area contributed by atoms with Gasteiger partial charge in [-0.1, -0.05) is 19.9 Å². The number of aliphatic hydroxyl groups is 1. The van der Waals surface area contributed by atoms with Gasteiger partial charge in [-0.2, -0.15) is 0 Å². The minimum Gasteiger partial charge on any atom is -0.393 e. The number of carbonyl (C=O) groups excluding carboxylic acids is 1. The van der Waals surface area contributed by atoms with Gasteiger partial charge in [0.05, 0.1) is 24.4 Å². The lowest BCUT2D eigenvalue weighted by molar-refractivity contribution is -0.303. The fraction of sp³-hybridized carbons (Fsp3) is 0.786. The van der Waals surface area contributed by atoms with Crippen molar-refractivity contribution in [3.05, 3.63) is 11.8 Å². The zero-order valence-electron chi connectivity index (χ0n) is 11.6. The Bertz CT molecular complexity index is 344. The van der Waals surface area contributed by atoms with Crippen LogP contribution in [-0.4, -0.2) is 48.2 Å². The van der Waals surface area contributed by atoms with E-state index >= 15 is 0 Å². The Kier molecular flexibility index (Phi) is 4.96. The van der Waals surface area contributed by atoms with E-state index in [9.17, 15) is 9.90 Å². The van der Waals surface area contributed by atoms with Gasteiger partial charge in [0.15, 0.2) is 6.29 Å². The summed E-state index contributed by atoms with van der Waals surface area (Å²) in [7, 11) is 0. The highest BCUT2D eigenvalue weighted by atomic mass is 17.2. The largest absolute Gasteiger partial charge is 0.393 e. The predicted octanol–water partition coefficient (Wildman–Crippen LogP) is 1.13. The molecule has 19 heavy (non-hydrogen) atoms. The number of rotatable bonds is 1. The highest BCUT2D eigenvalue weighted by molar-refractivity contribution is 5.73. The smallest absolute Gasteiger partial charge is 0.165 e. The Balaban J connectivity index is 2.10. The number of allylic oxidation sites excluding steroid dienone is 1. The predicted molar refractivity (Wildman–Crippen MR) is 70.1 cm³/mol. The Hall–Kier alpha value is -0.910. The average Bonchev–Trinajstić information content (AvgIpc) is 2.64. The summed E-state index contributed by atoms with van der Waals surface area (Å²) in [5.74, 6) is 0.589. The fourth-order valence-corrected chi connectivity index (χ4v) is 2.89. The van der Waals surface area contributed by atoms with Crippen molar-refractivity contribution < 1.29 is 19.7 Å². The van der Waals surface area contributed by atoms with Gasteiger partial charge < -0.3 is 10.0 Å². The fourth-order valence-electron chi connectivity index (χ4n) is 2.89. The second-order valence-electron chi connectivity index (χ2n) is 5.68. The van der Waals surface area contributed by atoms with Crippen LogP contribution in [0.3, 0.4) is 0 Å². The van der Waals surface area contributed by atoms with Gasteiger partial charge in [0.2, 0.25) is 0 Å². The molecule has 1 saturated heterocycles. The molecule has 5 nitrogen and oxygen atoms in total. The minimum absolute atomic E-state index is 0.137. The van der Waals surface area contributed by atoms with E-state index in [1.54, 1.807) is 0 Å². The summed E-state index contributed by atoms with van der Waals surface area (Å²) < 4.78 is 0. The van der Waals surface area contributed by atoms with E-state index in [0.29, 0.717) is 32.0 Å². The van der Waals surface area contributed by atoms with Gasteiger partial charge in [-0.15, -0.1) is 0 Å². The number of hydrogen-bond acceptors (Lipinski definition) is 5. The van der Waals surface area contributed by atoms with Crippen LogP contribution in [0.2, 0.25) is 0 Å². The number of aliphatic hydroxyl groups excluding tert-OH is 1. The Morgan fingerprint density at radius 3 is 2.95 bits per heavy atom. The molecule has 1 N–H and O–H groups in total. The molecule has 0 spiro atoms. The van der Waals surface area contributed by atoms with Crippen molar-refractivity contribution in [1.82, 2.24) is 4.90 Å². The first kappa shape index (κ1) is 14.5. The third-order valence-electron chi connectivity index (χ3n) is 3.93. The van der Waals surface area contributed by atoms with Gasteiger partial charge in [0.25, 0.3) is 0 Å². The topological polar surface area (TPSA) is 59.0 Å². The second kappa shape index (κ2) is 6.50. The lowest BCUT2D eigenvalue weighted by Gasteiger charge is -2.32. The van der Waals surface area contributed by atoms with E-state index in [0.717, 1.165) is 18.5 Å². The Labute approximate surface area is 114 Å². The summed E-state index contributed by atoms with van der Waals surface area (Å²) >= 11 is 0. The van der Waals surface area contributed by atoms with Crippen LogP contribution in [0, 0.1) is 11.8 Å². The van der Waals surface area contributed by atoms with Crippen LogP contribution in [0.5, 0.6) is 0 Å². The molecular formula is C14H23NO4. The molecule has 108 valence electrons. The third-order valence-corrected chi connectivity index (χ3v) is 3.93. The lowest BCUT2D eigenvalue weighted by Crippen LogP contribution is -2.40. The first-order chi connectivity index (χ1) is 9.11. The van der Waals surface area contributed by atoms with E-state index < -0.39 is 0 Å². The quantitative estimate of drug-likeness (QED) is 0.571. The maximum atomic E-state index is 11.2. The van der Waals surface area contributed by atoms with Gasteiger partial charge in [-0.05, 0) is 24.7 Å². The van der Waals surface area contributed by atoms with Crippen molar-refractivity contribution in [2.45, 2.75) is 38.8 Å². The molecular weight excluding hydrogens is 246 g/mol. The molecule has 0 aromatic rings. The summed E-state index contributed by atoms with van der Waals surface area (Å²) in [4.78, 5) is 23.6. The molecule has 0 aromatic heterocycles. The maximum Gasteiger partial charge on any atom is 0.165 e. The summed E-state index contributed by atoms with van der Waals surface area (Å²) in [6.45, 7) is 5.79. The van der Waals surface area contributed by atoms with E-state index in [-0.39, 0.29) is 18.1 Å². The number of aldehydes is 1. The summed E-state index contributed by atoms with van der Waals surface area (Å²) in [6, 6.07) is 0.137. The first-order valence-corrected chi connectivity index (χ1v) is 6.98. The molecule has 0 radical (unpaired) electrons. The molecule has 0 amide bonds. The number of hydrogen-bond donors (Lipinski definition) is 1. The summed E-state index contributed by atoms with van der Waals surface area (Å²) in [6.07, 6.45) is 3.81. The molecule has 2 heterocycles. The van der Waals surface area contributed by atoms with Gasteiger partial charge in [-0.3, -0.25) is 4.79 Å². The highest BCUT2D eigenvalue weighted by Gasteiger charge is 2.33. The van der Waals surface area contributed by atoms with E-state index in [1.807, 2.05) is 6.08 Å². The zero-order chi connectivity index (χ0) is 13.8. The van der Waals surface area contributed by atoms with Crippen LogP contribution >= 0.6 is 0 Å². The third kappa shape index (κ3) is 3.55. The van der Waals surface area contributed by atoms with Crippen molar-refractivity contribution in [2.24, 2.45) is 11.8 Å². The van der Waals surface area contributed by atoms with Crippen molar-refractivity contribution in [2.75, 3.05) is 19.8 Å². The molecule has 0 saturated carbocycles. The van der Waals surface area contributed by atoms with Crippen LogP contribution < -0.4 is 0 Å². The van der Waals surface area contributed by atoms with Gasteiger partial charge in [-0.25, -0.2) is 9.78 Å². The highest BCUT2D eigenvalue weighted by Crippen LogP contribution is 2.28. The zero-order valence-corrected chi connectivity index (χ0v) is 11.6. The van der Waals surface area contributed by atoms with Gasteiger partial charge >= 0.3 is 0 Å². The average molecular weight is 269 g/mol. The van der Waals surface area contributed by atoms with Crippen LogP contribution in [-0.2, 0) is 14.6 Å². The van der Waals surface area contributed by atoms with Crippen molar-refractivity contribution in [1.29, 1.82) is 0 Å². The number of carbonyl (C=O) groups is 1. The van der Waals surface area contributed by atoms with Gasteiger partial charge in [0.1, 0.15) is 6.61 Å². The van der Waals surface area contributed by atoms with Crippen molar-refractivity contribution in [3.8, 4) is 0 Å². The molecule has 4 atom stereocenters. The summed E-state index contributed by atoms with van der Waals surface area (Å²) in [5, 5.41) is 9.87. The molecule has 5 heteroatoms. The van der Waals surface area contributed by atoms with Gasteiger partial charge in [0, 0.05) is 6.54 Å². The summed E-state index contributed by atoms with van der Waals surface area (Å²) in [5.41, 5.74) is 0.724. The first-order valence-electron chi connectivity index (χ1n) is 6.98. The van der Waals surface area contributed by atoms with E-state index in [4.69, 9.17) is 9.78 Å². The van der Waals surface area contributed by atoms with E-state index in [1.165, 1.54) is 0 Å². The SMILES string of the molecule is CC1C=C(C=O)N2C[C@H](C)C[C@H](O)CCOOCC12. The molecule has 2 rings (SSSR count). The van der Waals surface area contributed by atoms with Crippen LogP contribution in [0.15, 0.2) is 11.8 Å². The monoisotopic (exact) mass is 269 g/mol. The van der Waals surface area contributed by atoms with Crippen molar-refractivity contribution in [3.63, 3.8) is 0 Å². The second-order valence-corrected chi connectivity index (χ2v) is 5.68. The molecule has 0 aromatic carbocycles.